The van der Waals surface area contributed by atoms with Gasteiger partial charge < -0.3 is 20.7 Å². The molecule has 3 N–H and O–H groups in total. The Hall–Kier alpha value is -2.36. The van der Waals surface area contributed by atoms with Crippen LogP contribution in [0.15, 0.2) is 47.5 Å². The third-order valence-electron chi connectivity index (χ3n) is 4.29. The van der Waals surface area contributed by atoms with Gasteiger partial charge in [-0.3, -0.25) is 4.79 Å². The maximum Gasteiger partial charge on any atom is 0.246 e. The van der Waals surface area contributed by atoms with E-state index >= 15 is 0 Å². The molecule has 0 saturated carbocycles. The van der Waals surface area contributed by atoms with Crippen molar-refractivity contribution in [3.05, 3.63) is 59.4 Å². The van der Waals surface area contributed by atoms with Gasteiger partial charge in [0.15, 0.2) is 5.96 Å². The summed E-state index contributed by atoms with van der Waals surface area (Å²) in [6.45, 7) is 4.04. The van der Waals surface area contributed by atoms with Crippen molar-refractivity contribution in [1.29, 1.82) is 0 Å². The fourth-order valence-corrected chi connectivity index (χ4v) is 2.98. The summed E-state index contributed by atoms with van der Waals surface area (Å²) >= 11 is 0. The van der Waals surface area contributed by atoms with E-state index in [0.717, 1.165) is 25.2 Å². The third kappa shape index (κ3) is 7.19. The average Bonchev–Trinajstić information content (AvgIpc) is 3.14. The summed E-state index contributed by atoms with van der Waals surface area (Å²) in [5, 5.41) is 8.98. The number of fused-ring (bicyclic) bond motifs is 1. The zero-order chi connectivity index (χ0) is 19.8. The highest BCUT2D eigenvalue weighted by Gasteiger charge is 2.11. The van der Waals surface area contributed by atoms with Crippen molar-refractivity contribution in [2.45, 2.75) is 19.8 Å². The second-order valence-electron chi connectivity index (χ2n) is 6.47. The fraction of sp³-hybridized carbons (Fsp3) is 0.333. The van der Waals surface area contributed by atoms with E-state index < -0.39 is 5.82 Å². The molecule has 0 aliphatic carbocycles. The number of hydrogen-bond donors (Lipinski definition) is 3. The Morgan fingerprint density at radius 2 is 2.07 bits per heavy atom. The Kier molecular flexibility index (Phi) is 9.17. The number of carbonyl (C=O) groups excluding carboxylic acids is 1. The van der Waals surface area contributed by atoms with Crippen LogP contribution in [0.2, 0.25) is 0 Å². The largest absolute Gasteiger partial charge is 0.493 e. The second-order valence-corrected chi connectivity index (χ2v) is 6.47. The van der Waals surface area contributed by atoms with Gasteiger partial charge in [0.2, 0.25) is 5.91 Å². The Balaban J connectivity index is 0.00000300. The summed E-state index contributed by atoms with van der Waals surface area (Å²) < 4.78 is 18.7. The molecule has 3 rings (SSSR count). The lowest BCUT2D eigenvalue weighted by Gasteiger charge is -2.12. The molecular weight excluding hydrogens is 486 g/mol. The number of ether oxygens (including phenoxy) is 1. The van der Waals surface area contributed by atoms with Crippen molar-refractivity contribution >= 4 is 41.5 Å². The summed E-state index contributed by atoms with van der Waals surface area (Å²) in [5.74, 6) is 0.855. The van der Waals surface area contributed by atoms with E-state index in [2.05, 4.69) is 33.1 Å². The monoisotopic (exact) mass is 512 g/mol. The number of hydrogen-bond acceptors (Lipinski definition) is 3. The van der Waals surface area contributed by atoms with Crippen molar-refractivity contribution in [2.75, 3.05) is 31.6 Å². The van der Waals surface area contributed by atoms with E-state index in [1.54, 1.807) is 12.1 Å². The Labute approximate surface area is 187 Å². The van der Waals surface area contributed by atoms with Crippen LogP contribution in [0.25, 0.3) is 0 Å². The first kappa shape index (κ1) is 22.9. The van der Waals surface area contributed by atoms with Crippen LogP contribution in [-0.4, -0.2) is 38.1 Å². The highest BCUT2D eigenvalue weighted by Crippen LogP contribution is 2.25. The van der Waals surface area contributed by atoms with Gasteiger partial charge in [-0.25, -0.2) is 9.38 Å². The molecule has 0 unspecified atom stereocenters. The van der Waals surface area contributed by atoms with Crippen LogP contribution in [0.1, 0.15) is 18.1 Å². The van der Waals surface area contributed by atoms with Gasteiger partial charge in [0.05, 0.1) is 6.61 Å². The van der Waals surface area contributed by atoms with Crippen molar-refractivity contribution in [3.63, 3.8) is 0 Å². The summed E-state index contributed by atoms with van der Waals surface area (Å²) in [5.41, 5.74) is 2.90. The van der Waals surface area contributed by atoms with Gasteiger partial charge in [0.25, 0.3) is 0 Å². The van der Waals surface area contributed by atoms with Crippen molar-refractivity contribution < 1.29 is 13.9 Å². The van der Waals surface area contributed by atoms with Crippen LogP contribution in [0.3, 0.4) is 0 Å². The lowest BCUT2D eigenvalue weighted by molar-refractivity contribution is -0.114. The molecule has 8 heteroatoms. The van der Waals surface area contributed by atoms with Crippen molar-refractivity contribution in [2.24, 2.45) is 4.99 Å². The highest BCUT2D eigenvalue weighted by atomic mass is 127. The summed E-state index contributed by atoms with van der Waals surface area (Å²) in [4.78, 5) is 16.3. The number of rotatable bonds is 7. The zero-order valence-corrected chi connectivity index (χ0v) is 18.7. The molecule has 156 valence electrons. The van der Waals surface area contributed by atoms with Gasteiger partial charge in [0.1, 0.15) is 18.1 Å². The highest BCUT2D eigenvalue weighted by molar-refractivity contribution is 14.0. The number of aliphatic imine (C=N–C) groups is 1. The molecule has 1 aliphatic rings. The molecule has 0 radical (unpaired) electrons. The quantitative estimate of drug-likeness (QED) is 0.303. The van der Waals surface area contributed by atoms with Crippen molar-refractivity contribution in [1.82, 2.24) is 10.6 Å². The summed E-state index contributed by atoms with van der Waals surface area (Å²) in [7, 11) is 0. The van der Waals surface area contributed by atoms with Gasteiger partial charge in [-0.2, -0.15) is 0 Å². The van der Waals surface area contributed by atoms with Gasteiger partial charge in [-0.15, -0.1) is 24.0 Å². The van der Waals surface area contributed by atoms with E-state index in [4.69, 9.17) is 4.74 Å². The molecule has 1 amide bonds. The van der Waals surface area contributed by atoms with E-state index in [1.165, 1.54) is 23.3 Å². The van der Waals surface area contributed by atoms with Crippen molar-refractivity contribution in [3.8, 4) is 5.75 Å². The lowest BCUT2D eigenvalue weighted by Crippen LogP contribution is -2.39. The molecule has 0 aromatic heterocycles. The van der Waals surface area contributed by atoms with E-state index in [1.807, 2.05) is 13.0 Å². The zero-order valence-electron chi connectivity index (χ0n) is 16.3. The Morgan fingerprint density at radius 3 is 2.86 bits per heavy atom. The maximum absolute atomic E-state index is 13.2. The molecule has 2 aromatic carbocycles. The minimum Gasteiger partial charge on any atom is -0.493 e. The second kappa shape index (κ2) is 11.6. The minimum absolute atomic E-state index is 0. The molecule has 2 aromatic rings. The van der Waals surface area contributed by atoms with Crippen LogP contribution in [-0.2, 0) is 17.6 Å². The predicted molar refractivity (Wildman–Crippen MR) is 124 cm³/mol. The van der Waals surface area contributed by atoms with Crippen LogP contribution in [0.4, 0.5) is 10.1 Å². The molecule has 0 bridgehead atoms. The van der Waals surface area contributed by atoms with Crippen LogP contribution in [0, 0.1) is 5.82 Å². The molecule has 0 fully saturated rings. The molecule has 1 heterocycles. The first-order valence-corrected chi connectivity index (χ1v) is 9.46. The van der Waals surface area contributed by atoms with E-state index in [9.17, 15) is 9.18 Å². The first-order chi connectivity index (χ1) is 13.6. The maximum atomic E-state index is 13.2. The van der Waals surface area contributed by atoms with Crippen LogP contribution >= 0.6 is 24.0 Å². The number of nitrogens with one attached hydrogen (secondary N) is 3. The Bertz CT molecular complexity index is 860. The predicted octanol–water partition coefficient (Wildman–Crippen LogP) is 3.11. The van der Waals surface area contributed by atoms with E-state index in [0.29, 0.717) is 24.7 Å². The molecule has 1 aliphatic heterocycles. The van der Waals surface area contributed by atoms with Gasteiger partial charge in [-0.1, -0.05) is 18.2 Å². The Morgan fingerprint density at radius 1 is 1.21 bits per heavy atom. The van der Waals surface area contributed by atoms with Crippen LogP contribution in [0.5, 0.6) is 5.75 Å². The molecule has 0 saturated heterocycles. The van der Waals surface area contributed by atoms with Gasteiger partial charge in [0, 0.05) is 25.2 Å². The number of halogens is 2. The normalized spacial score (nSPS) is 12.4. The van der Waals surface area contributed by atoms with Gasteiger partial charge in [-0.05, 0) is 48.7 Å². The number of carbonyl (C=O) groups is 1. The SMILES string of the molecule is CCNC(=NCC(=O)Nc1cccc(F)c1)NCCc1ccc2c(c1)CCO2.I. The first-order valence-electron chi connectivity index (χ1n) is 9.46. The van der Waals surface area contributed by atoms with Crippen LogP contribution < -0.4 is 20.7 Å². The minimum atomic E-state index is -0.394. The number of amides is 1. The molecule has 0 spiro atoms. The summed E-state index contributed by atoms with van der Waals surface area (Å²) in [6, 6.07) is 12.1. The number of nitrogens with zero attached hydrogens (tertiary/aromatic N) is 1. The summed E-state index contributed by atoms with van der Waals surface area (Å²) in [6.07, 6.45) is 1.80. The fourth-order valence-electron chi connectivity index (χ4n) is 2.98. The number of anilines is 1. The molecular formula is C21H26FIN4O2. The number of benzene rings is 2. The molecule has 29 heavy (non-hydrogen) atoms. The standard InChI is InChI=1S/C21H25FN4O2.HI/c1-2-23-21(25-14-20(27)26-18-5-3-4-17(22)13-18)24-10-8-15-6-7-19-16(12-15)9-11-28-19;/h3-7,12-13H,2,8-11,14H2,1H3,(H,26,27)(H2,23,24,25);1H. The smallest absolute Gasteiger partial charge is 0.246 e. The molecule has 6 nitrogen and oxygen atoms in total. The lowest BCUT2D eigenvalue weighted by atomic mass is 10.1. The molecule has 0 atom stereocenters. The van der Waals surface area contributed by atoms with E-state index in [-0.39, 0.29) is 36.4 Å². The van der Waals surface area contributed by atoms with Gasteiger partial charge >= 0.3 is 0 Å². The third-order valence-corrected chi connectivity index (χ3v) is 4.29. The topological polar surface area (TPSA) is 74.8 Å². The number of guanidine groups is 1. The average molecular weight is 512 g/mol.